The van der Waals surface area contributed by atoms with E-state index >= 15 is 0 Å². The smallest absolute Gasteiger partial charge is 0.274 e. The number of carbonyl (C=O) groups excluding carboxylic acids is 4. The monoisotopic (exact) mass is 612 g/mol. The lowest BCUT2D eigenvalue weighted by Crippen LogP contribution is -2.50. The number of carbonyl (C=O) groups is 4. The fourth-order valence-electron chi connectivity index (χ4n) is 5.24. The summed E-state index contributed by atoms with van der Waals surface area (Å²) in [5.74, 6) is -1.65. The third kappa shape index (κ3) is 9.52. The second-order valence-electron chi connectivity index (χ2n) is 12.2. The quantitative estimate of drug-likeness (QED) is 0.254. The molecule has 2 aromatic rings. The van der Waals surface area contributed by atoms with Crippen molar-refractivity contribution < 1.29 is 37.9 Å². The van der Waals surface area contributed by atoms with Gasteiger partial charge in [0.2, 0.25) is 5.91 Å². The second-order valence-corrected chi connectivity index (χ2v) is 12.2. The van der Waals surface area contributed by atoms with Crippen molar-refractivity contribution >= 4 is 23.4 Å². The molecular formula is C32H44N4O8. The molecule has 240 valence electrons. The minimum absolute atomic E-state index is 0.0478. The van der Waals surface area contributed by atoms with Crippen LogP contribution in [0.3, 0.4) is 0 Å². The topological polar surface area (TPSA) is 153 Å². The summed E-state index contributed by atoms with van der Waals surface area (Å²) in [6.07, 6.45) is 0.548. The Labute approximate surface area is 258 Å². The van der Waals surface area contributed by atoms with Gasteiger partial charge in [-0.1, -0.05) is 49.3 Å². The molecule has 2 amide bonds. The first kappa shape index (κ1) is 33.4. The lowest BCUT2D eigenvalue weighted by molar-refractivity contribution is -0.134. The molecule has 2 fully saturated rings. The Hall–Kier alpha value is -3.45. The van der Waals surface area contributed by atoms with Gasteiger partial charge in [0.1, 0.15) is 11.6 Å². The second kappa shape index (κ2) is 15.5. The molecule has 1 aromatic carbocycles. The summed E-state index contributed by atoms with van der Waals surface area (Å²) in [5, 5.41) is 9.51. The standard InChI is InChI=1S/C32H44N4O8/c1-21(2)14-25(29(38)32(3)20-43-32)33-30(39)23(15-22-8-6-5-7-9-22)16-28(37)27(19-41-4)34-31(40)26-17-24(44-35-26)18-36-10-12-42-13-11-36/h5-9,17,21,23,25,27H,10-16,18-20H2,1-4H3,(H,33,39)(H,34,40)/t23-,25+,27+,32-/m1/s1. The molecule has 12 heteroatoms. The highest BCUT2D eigenvalue weighted by molar-refractivity contribution is 5.99. The molecular weight excluding hydrogens is 568 g/mol. The van der Waals surface area contributed by atoms with Crippen molar-refractivity contribution in [3.8, 4) is 0 Å². The largest absolute Gasteiger partial charge is 0.382 e. The van der Waals surface area contributed by atoms with Gasteiger partial charge < -0.3 is 29.4 Å². The molecule has 4 atom stereocenters. The van der Waals surface area contributed by atoms with Crippen molar-refractivity contribution in [1.29, 1.82) is 0 Å². The fourth-order valence-corrected chi connectivity index (χ4v) is 5.24. The third-order valence-electron chi connectivity index (χ3n) is 7.88. The van der Waals surface area contributed by atoms with Crippen LogP contribution in [0.15, 0.2) is 40.9 Å². The van der Waals surface area contributed by atoms with Crippen LogP contribution in [0.1, 0.15) is 55.4 Å². The number of hydrogen-bond acceptors (Lipinski definition) is 10. The number of Topliss-reactive ketones (excluding diaryl/α,β-unsaturated/α-hetero) is 2. The highest BCUT2D eigenvalue weighted by Gasteiger charge is 2.50. The molecule has 1 aromatic heterocycles. The van der Waals surface area contributed by atoms with E-state index in [1.165, 1.54) is 7.11 Å². The molecule has 12 nitrogen and oxygen atoms in total. The summed E-state index contributed by atoms with van der Waals surface area (Å²) < 4.78 is 21.4. The van der Waals surface area contributed by atoms with Gasteiger partial charge in [-0.25, -0.2) is 0 Å². The van der Waals surface area contributed by atoms with Crippen LogP contribution < -0.4 is 10.6 Å². The molecule has 0 bridgehead atoms. The van der Waals surface area contributed by atoms with Crippen molar-refractivity contribution in [2.75, 3.05) is 46.6 Å². The molecule has 0 unspecified atom stereocenters. The van der Waals surface area contributed by atoms with Gasteiger partial charge in [-0.3, -0.25) is 24.1 Å². The van der Waals surface area contributed by atoms with E-state index in [1.807, 2.05) is 44.2 Å². The molecule has 2 aliphatic heterocycles. The lowest BCUT2D eigenvalue weighted by Gasteiger charge is -2.25. The summed E-state index contributed by atoms with van der Waals surface area (Å²) in [5.41, 5.74) is 0.0215. The zero-order valence-corrected chi connectivity index (χ0v) is 26.0. The van der Waals surface area contributed by atoms with Gasteiger partial charge in [0.05, 0.1) is 39.0 Å². The van der Waals surface area contributed by atoms with Gasteiger partial charge in [0, 0.05) is 38.6 Å². The van der Waals surface area contributed by atoms with Gasteiger partial charge in [-0.2, -0.15) is 0 Å². The maximum absolute atomic E-state index is 13.7. The first-order chi connectivity index (χ1) is 21.1. The van der Waals surface area contributed by atoms with E-state index in [9.17, 15) is 19.2 Å². The Bertz CT molecular complexity index is 1270. The number of nitrogens with zero attached hydrogens (tertiary/aromatic N) is 2. The third-order valence-corrected chi connectivity index (χ3v) is 7.88. The van der Waals surface area contributed by atoms with Gasteiger partial charge >= 0.3 is 0 Å². The van der Waals surface area contributed by atoms with Crippen molar-refractivity contribution in [3.63, 3.8) is 0 Å². The first-order valence-corrected chi connectivity index (χ1v) is 15.2. The Morgan fingerprint density at radius 2 is 1.77 bits per heavy atom. The summed E-state index contributed by atoms with van der Waals surface area (Å²) in [7, 11) is 1.43. The number of ketones is 2. The number of amides is 2. The number of nitrogens with one attached hydrogen (secondary N) is 2. The molecule has 0 aliphatic carbocycles. The highest BCUT2D eigenvalue weighted by atomic mass is 16.6. The molecule has 3 heterocycles. The van der Waals surface area contributed by atoms with Crippen LogP contribution in [0, 0.1) is 11.8 Å². The molecule has 0 radical (unpaired) electrons. The van der Waals surface area contributed by atoms with Crippen LogP contribution in [0.25, 0.3) is 0 Å². The van der Waals surface area contributed by atoms with Crippen molar-refractivity contribution in [2.45, 2.75) is 64.3 Å². The minimum Gasteiger partial charge on any atom is -0.382 e. The van der Waals surface area contributed by atoms with E-state index in [0.29, 0.717) is 38.5 Å². The molecule has 4 rings (SSSR count). The molecule has 2 N–H and O–H groups in total. The van der Waals surface area contributed by atoms with Crippen LogP contribution in [0.2, 0.25) is 0 Å². The van der Waals surface area contributed by atoms with E-state index in [2.05, 4.69) is 20.7 Å². The van der Waals surface area contributed by atoms with Gasteiger partial charge in [-0.05, 0) is 31.2 Å². The van der Waals surface area contributed by atoms with Crippen molar-refractivity contribution in [1.82, 2.24) is 20.7 Å². The van der Waals surface area contributed by atoms with E-state index in [-0.39, 0.29) is 42.6 Å². The predicted molar refractivity (Wildman–Crippen MR) is 160 cm³/mol. The molecule has 0 spiro atoms. The Morgan fingerprint density at radius 3 is 2.41 bits per heavy atom. The van der Waals surface area contributed by atoms with Gasteiger partial charge in [-0.15, -0.1) is 0 Å². The predicted octanol–water partition coefficient (Wildman–Crippen LogP) is 1.96. The van der Waals surface area contributed by atoms with Gasteiger partial charge in [0.25, 0.3) is 5.91 Å². The van der Waals surface area contributed by atoms with Crippen LogP contribution in [-0.4, -0.2) is 97.7 Å². The molecule has 2 aliphatic rings. The van der Waals surface area contributed by atoms with Crippen molar-refractivity contribution in [2.24, 2.45) is 11.8 Å². The number of hydrogen-bond donors (Lipinski definition) is 2. The average molecular weight is 613 g/mol. The van der Waals surface area contributed by atoms with E-state index in [4.69, 9.17) is 18.7 Å². The highest BCUT2D eigenvalue weighted by Crippen LogP contribution is 2.30. The van der Waals surface area contributed by atoms with Crippen LogP contribution in [0.4, 0.5) is 0 Å². The first-order valence-electron chi connectivity index (χ1n) is 15.2. The van der Waals surface area contributed by atoms with Crippen LogP contribution >= 0.6 is 0 Å². The lowest BCUT2D eigenvalue weighted by atomic mass is 9.89. The number of benzene rings is 1. The number of rotatable bonds is 17. The van der Waals surface area contributed by atoms with Crippen LogP contribution in [0.5, 0.6) is 0 Å². The zero-order valence-electron chi connectivity index (χ0n) is 26.0. The summed E-state index contributed by atoms with van der Waals surface area (Å²) in [6.45, 7) is 9.17. The van der Waals surface area contributed by atoms with Crippen LogP contribution in [-0.2, 0) is 41.6 Å². The number of epoxide rings is 1. The minimum atomic E-state index is -1.02. The Kier molecular flexibility index (Phi) is 11.8. The normalized spacial score (nSPS) is 20.5. The summed E-state index contributed by atoms with van der Waals surface area (Å²) >= 11 is 0. The summed E-state index contributed by atoms with van der Waals surface area (Å²) in [6, 6.07) is 9.16. The molecule has 2 saturated heterocycles. The SMILES string of the molecule is COC[C@H](NC(=O)c1cc(CN2CCOCC2)on1)C(=O)C[C@@H](Cc1ccccc1)C(=O)N[C@@H](CC(C)C)C(=O)[C@@]1(C)CO1. The molecule has 44 heavy (non-hydrogen) atoms. The average Bonchev–Trinajstić information content (AvgIpc) is 3.59. The fraction of sp³-hybridized carbons (Fsp3) is 0.594. The maximum atomic E-state index is 13.7. The van der Waals surface area contributed by atoms with Gasteiger partial charge in [0.15, 0.2) is 23.0 Å². The van der Waals surface area contributed by atoms with E-state index < -0.39 is 35.4 Å². The van der Waals surface area contributed by atoms with Crippen molar-refractivity contribution in [3.05, 3.63) is 53.4 Å². The van der Waals surface area contributed by atoms with E-state index in [0.717, 1.165) is 18.7 Å². The number of aromatic nitrogens is 1. The molecule has 0 saturated carbocycles. The maximum Gasteiger partial charge on any atom is 0.274 e. The summed E-state index contributed by atoms with van der Waals surface area (Å²) in [4.78, 5) is 55.7. The number of morpholine rings is 1. The Balaban J connectivity index is 1.45. The zero-order chi connectivity index (χ0) is 31.7. The van der Waals surface area contributed by atoms with E-state index in [1.54, 1.807) is 13.0 Å². The Morgan fingerprint density at radius 1 is 1.07 bits per heavy atom. The number of methoxy groups -OCH3 is 1. The number of ether oxygens (including phenoxy) is 3.